The van der Waals surface area contributed by atoms with Crippen LogP contribution in [0.15, 0.2) is 0 Å². The van der Waals surface area contributed by atoms with Gasteiger partial charge in [-0.25, -0.2) is 4.79 Å². The van der Waals surface area contributed by atoms with E-state index in [4.69, 9.17) is 5.73 Å². The van der Waals surface area contributed by atoms with Gasteiger partial charge in [-0.2, -0.15) is 0 Å². The molecule has 0 saturated carbocycles. The third kappa shape index (κ3) is 3.82. The SMILES string of the molecule is [CH2]CC(C)(C)OC(N)=O. The second-order valence-electron chi connectivity index (χ2n) is 2.43. The molecule has 0 aromatic rings. The van der Waals surface area contributed by atoms with Gasteiger partial charge in [0.25, 0.3) is 0 Å². The lowest BCUT2D eigenvalue weighted by Gasteiger charge is -2.21. The van der Waals surface area contributed by atoms with Crippen molar-refractivity contribution in [2.75, 3.05) is 0 Å². The van der Waals surface area contributed by atoms with Crippen molar-refractivity contribution < 1.29 is 9.53 Å². The fraction of sp³-hybridized carbons (Fsp3) is 0.667. The van der Waals surface area contributed by atoms with Gasteiger partial charge >= 0.3 is 6.09 Å². The standard InChI is InChI=1S/C6H12NO2/c1-4-6(2,3)9-5(7)8/h1,4H2,2-3H3,(H2,7,8). The summed E-state index contributed by atoms with van der Waals surface area (Å²) >= 11 is 0. The van der Waals surface area contributed by atoms with Crippen molar-refractivity contribution in [3.8, 4) is 0 Å². The molecule has 0 atom stereocenters. The summed E-state index contributed by atoms with van der Waals surface area (Å²) in [5.41, 5.74) is 4.24. The van der Waals surface area contributed by atoms with Crippen LogP contribution in [0, 0.1) is 6.92 Å². The van der Waals surface area contributed by atoms with Crippen LogP contribution in [0.3, 0.4) is 0 Å². The normalized spacial score (nSPS) is 11.0. The number of carbonyl (C=O) groups is 1. The Morgan fingerprint density at radius 1 is 1.78 bits per heavy atom. The van der Waals surface area contributed by atoms with Crippen molar-refractivity contribution >= 4 is 6.09 Å². The predicted octanol–water partition coefficient (Wildman–Crippen LogP) is 1.08. The van der Waals surface area contributed by atoms with Crippen LogP contribution in [0.5, 0.6) is 0 Å². The van der Waals surface area contributed by atoms with Gasteiger partial charge in [-0.1, -0.05) is 0 Å². The molecule has 1 amide bonds. The quantitative estimate of drug-likeness (QED) is 0.608. The third-order valence-corrected chi connectivity index (χ3v) is 0.979. The Balaban J connectivity index is 3.71. The molecule has 0 aliphatic heterocycles. The average molecular weight is 130 g/mol. The van der Waals surface area contributed by atoms with E-state index < -0.39 is 11.7 Å². The van der Waals surface area contributed by atoms with Crippen LogP contribution in [0.4, 0.5) is 4.79 Å². The lowest BCUT2D eigenvalue weighted by molar-refractivity contribution is 0.0475. The van der Waals surface area contributed by atoms with Crippen LogP contribution in [-0.2, 0) is 4.74 Å². The van der Waals surface area contributed by atoms with E-state index in [-0.39, 0.29) is 0 Å². The van der Waals surface area contributed by atoms with Gasteiger partial charge in [-0.3, -0.25) is 0 Å². The molecule has 3 heteroatoms. The first-order chi connectivity index (χ1) is 3.98. The number of amides is 1. The first kappa shape index (κ1) is 8.27. The molecule has 0 rings (SSSR count). The Labute approximate surface area is 55.2 Å². The van der Waals surface area contributed by atoms with Crippen molar-refractivity contribution in [1.82, 2.24) is 0 Å². The molecule has 0 unspecified atom stereocenters. The lowest BCUT2D eigenvalue weighted by atomic mass is 10.1. The Kier molecular flexibility index (Phi) is 2.49. The van der Waals surface area contributed by atoms with Crippen molar-refractivity contribution in [2.45, 2.75) is 25.9 Å². The van der Waals surface area contributed by atoms with Crippen LogP contribution in [0.2, 0.25) is 0 Å². The summed E-state index contributed by atoms with van der Waals surface area (Å²) in [6.45, 7) is 7.09. The molecule has 1 radical (unpaired) electrons. The molecule has 0 aliphatic rings. The van der Waals surface area contributed by atoms with Crippen LogP contribution in [-0.4, -0.2) is 11.7 Å². The summed E-state index contributed by atoms with van der Waals surface area (Å²) in [7, 11) is 0. The maximum Gasteiger partial charge on any atom is 0.405 e. The molecule has 3 nitrogen and oxygen atoms in total. The highest BCUT2D eigenvalue weighted by Crippen LogP contribution is 2.11. The molecule has 0 aromatic heterocycles. The number of primary amides is 1. The maximum atomic E-state index is 10.1. The second kappa shape index (κ2) is 2.71. The molecule has 0 saturated heterocycles. The highest BCUT2D eigenvalue weighted by molar-refractivity contribution is 5.65. The molecule has 0 bridgehead atoms. The minimum absolute atomic E-state index is 0.522. The maximum absolute atomic E-state index is 10.1. The highest BCUT2D eigenvalue weighted by Gasteiger charge is 2.17. The zero-order valence-electron chi connectivity index (χ0n) is 5.81. The van der Waals surface area contributed by atoms with E-state index in [2.05, 4.69) is 11.7 Å². The lowest BCUT2D eigenvalue weighted by Crippen LogP contribution is -2.30. The van der Waals surface area contributed by atoms with Gasteiger partial charge in [-0.05, 0) is 27.2 Å². The van der Waals surface area contributed by atoms with Crippen LogP contribution in [0.25, 0.3) is 0 Å². The van der Waals surface area contributed by atoms with E-state index in [0.717, 1.165) is 0 Å². The monoisotopic (exact) mass is 130 g/mol. The fourth-order valence-corrected chi connectivity index (χ4v) is 0.323. The highest BCUT2D eigenvalue weighted by atomic mass is 16.6. The molecule has 0 fully saturated rings. The molecule has 9 heavy (non-hydrogen) atoms. The second-order valence-corrected chi connectivity index (χ2v) is 2.43. The van der Waals surface area contributed by atoms with Gasteiger partial charge in [0.05, 0.1) is 0 Å². The zero-order chi connectivity index (χ0) is 7.49. The van der Waals surface area contributed by atoms with E-state index in [1.807, 2.05) is 0 Å². The predicted molar refractivity (Wildman–Crippen MR) is 34.7 cm³/mol. The van der Waals surface area contributed by atoms with Crippen molar-refractivity contribution in [3.05, 3.63) is 6.92 Å². The minimum atomic E-state index is -0.747. The molecule has 53 valence electrons. The molecule has 0 spiro atoms. The first-order valence-electron chi connectivity index (χ1n) is 2.75. The summed E-state index contributed by atoms with van der Waals surface area (Å²) in [5.74, 6) is 0. The first-order valence-corrected chi connectivity index (χ1v) is 2.75. The van der Waals surface area contributed by atoms with E-state index in [1.54, 1.807) is 13.8 Å². The molecule has 2 N–H and O–H groups in total. The summed E-state index contributed by atoms with van der Waals surface area (Å²) in [6, 6.07) is 0. The molecule has 0 heterocycles. The van der Waals surface area contributed by atoms with Gasteiger partial charge in [0.1, 0.15) is 5.60 Å². The Bertz CT molecular complexity index is 110. The largest absolute Gasteiger partial charge is 0.444 e. The number of hydrogen-bond acceptors (Lipinski definition) is 2. The van der Waals surface area contributed by atoms with E-state index in [1.165, 1.54) is 0 Å². The van der Waals surface area contributed by atoms with E-state index in [0.29, 0.717) is 6.42 Å². The summed E-state index contributed by atoms with van der Waals surface area (Å²) in [5, 5.41) is 0. The van der Waals surface area contributed by atoms with E-state index >= 15 is 0 Å². The Hall–Kier alpha value is -0.730. The van der Waals surface area contributed by atoms with Crippen LogP contribution < -0.4 is 5.73 Å². The molecular weight excluding hydrogens is 118 g/mol. The number of carbonyl (C=O) groups excluding carboxylic acids is 1. The third-order valence-electron chi connectivity index (χ3n) is 0.979. The summed E-state index contributed by atoms with van der Waals surface area (Å²) < 4.78 is 4.66. The average Bonchev–Trinajstić information content (AvgIpc) is 1.63. The number of rotatable bonds is 2. The van der Waals surface area contributed by atoms with E-state index in [9.17, 15) is 4.79 Å². The Morgan fingerprint density at radius 2 is 2.22 bits per heavy atom. The Morgan fingerprint density at radius 3 is 2.33 bits per heavy atom. The van der Waals surface area contributed by atoms with Gasteiger partial charge in [-0.15, -0.1) is 0 Å². The van der Waals surface area contributed by atoms with Crippen molar-refractivity contribution in [3.63, 3.8) is 0 Å². The number of nitrogens with two attached hydrogens (primary N) is 1. The van der Waals surface area contributed by atoms with Gasteiger partial charge in [0.2, 0.25) is 0 Å². The fourth-order valence-electron chi connectivity index (χ4n) is 0.323. The molecular formula is C6H12NO2. The van der Waals surface area contributed by atoms with Gasteiger partial charge < -0.3 is 10.5 Å². The number of hydrogen-bond donors (Lipinski definition) is 1. The number of ether oxygens (including phenoxy) is 1. The topological polar surface area (TPSA) is 52.3 Å². The van der Waals surface area contributed by atoms with Crippen LogP contribution in [0.1, 0.15) is 20.3 Å². The van der Waals surface area contributed by atoms with Gasteiger partial charge in [0, 0.05) is 0 Å². The van der Waals surface area contributed by atoms with Crippen molar-refractivity contribution in [2.24, 2.45) is 5.73 Å². The summed E-state index contributed by atoms with van der Waals surface area (Å²) in [4.78, 5) is 10.1. The van der Waals surface area contributed by atoms with Crippen LogP contribution >= 0.6 is 0 Å². The zero-order valence-corrected chi connectivity index (χ0v) is 5.81. The van der Waals surface area contributed by atoms with Crippen molar-refractivity contribution in [1.29, 1.82) is 0 Å². The molecule has 0 aromatic carbocycles. The smallest absolute Gasteiger partial charge is 0.405 e. The molecule has 0 aliphatic carbocycles. The summed E-state index contributed by atoms with van der Waals surface area (Å²) in [6.07, 6.45) is -0.223. The van der Waals surface area contributed by atoms with Gasteiger partial charge in [0.15, 0.2) is 0 Å². The minimum Gasteiger partial charge on any atom is -0.444 e.